The molecule has 0 amide bonds. The maximum absolute atomic E-state index is 12.9. The van der Waals surface area contributed by atoms with Gasteiger partial charge in [-0.3, -0.25) is 0 Å². The second-order valence-corrected chi connectivity index (χ2v) is 4.79. The Balaban J connectivity index is 3.15. The molecule has 18 heavy (non-hydrogen) atoms. The highest BCUT2D eigenvalue weighted by Gasteiger charge is 2.33. The van der Waals surface area contributed by atoms with Crippen molar-refractivity contribution in [3.05, 3.63) is 34.9 Å². The third-order valence-electron chi connectivity index (χ3n) is 3.40. The number of hydrogen-bond donors (Lipinski definition) is 0. The minimum Gasteiger partial charge on any atom is -0.166 e. The van der Waals surface area contributed by atoms with Crippen molar-refractivity contribution in [2.75, 3.05) is 0 Å². The van der Waals surface area contributed by atoms with Gasteiger partial charge in [0.05, 0.1) is 5.56 Å². The molecule has 0 saturated carbocycles. The van der Waals surface area contributed by atoms with E-state index < -0.39 is 11.7 Å². The predicted molar refractivity (Wildman–Crippen MR) is 68.7 cm³/mol. The lowest BCUT2D eigenvalue weighted by Crippen LogP contribution is -2.11. The predicted octanol–water partition coefficient (Wildman–Crippen LogP) is 5.70. The van der Waals surface area contributed by atoms with Crippen LogP contribution in [0.5, 0.6) is 0 Å². The van der Waals surface area contributed by atoms with E-state index in [4.69, 9.17) is 0 Å². The quantitative estimate of drug-likeness (QED) is 0.635. The summed E-state index contributed by atoms with van der Waals surface area (Å²) >= 11 is 0. The first-order valence-electron chi connectivity index (χ1n) is 6.58. The monoisotopic (exact) mass is 258 g/mol. The van der Waals surface area contributed by atoms with E-state index in [1.165, 1.54) is 12.1 Å². The average molecular weight is 258 g/mol. The Morgan fingerprint density at radius 3 is 2.06 bits per heavy atom. The molecule has 1 aromatic rings. The molecular weight excluding hydrogens is 237 g/mol. The zero-order chi connectivity index (χ0) is 13.8. The van der Waals surface area contributed by atoms with Crippen molar-refractivity contribution in [3.8, 4) is 0 Å². The van der Waals surface area contributed by atoms with Crippen molar-refractivity contribution in [3.63, 3.8) is 0 Å². The average Bonchev–Trinajstić information content (AvgIpc) is 2.27. The molecule has 0 nitrogen and oxygen atoms in total. The standard InChI is InChI=1S/C15H21F3/c1-4-7-12(8-5-2)13-9-6-10-14(11(13)3)15(16,17)18/h6,9-10,12H,4-5,7-8H2,1-3H3. The van der Waals surface area contributed by atoms with Gasteiger partial charge in [0.25, 0.3) is 0 Å². The highest BCUT2D eigenvalue weighted by molar-refractivity contribution is 5.38. The minimum absolute atomic E-state index is 0.252. The van der Waals surface area contributed by atoms with Gasteiger partial charge in [-0.1, -0.05) is 38.8 Å². The molecule has 0 saturated heterocycles. The zero-order valence-corrected chi connectivity index (χ0v) is 11.3. The zero-order valence-electron chi connectivity index (χ0n) is 11.3. The summed E-state index contributed by atoms with van der Waals surface area (Å²) in [6.45, 7) is 5.74. The lowest BCUT2D eigenvalue weighted by atomic mass is 9.86. The van der Waals surface area contributed by atoms with E-state index >= 15 is 0 Å². The number of halogens is 3. The van der Waals surface area contributed by atoms with Crippen molar-refractivity contribution >= 4 is 0 Å². The maximum atomic E-state index is 12.9. The smallest absolute Gasteiger partial charge is 0.166 e. The summed E-state index contributed by atoms with van der Waals surface area (Å²) in [5.74, 6) is 0.252. The van der Waals surface area contributed by atoms with Crippen molar-refractivity contribution in [1.82, 2.24) is 0 Å². The van der Waals surface area contributed by atoms with Crippen molar-refractivity contribution < 1.29 is 13.2 Å². The van der Waals surface area contributed by atoms with Crippen molar-refractivity contribution in [1.29, 1.82) is 0 Å². The molecule has 1 rings (SSSR count). The second-order valence-electron chi connectivity index (χ2n) is 4.79. The van der Waals surface area contributed by atoms with E-state index in [1.54, 1.807) is 6.92 Å². The fourth-order valence-electron chi connectivity index (χ4n) is 2.56. The minimum atomic E-state index is -4.25. The van der Waals surface area contributed by atoms with E-state index in [0.717, 1.165) is 31.2 Å². The second kappa shape index (κ2) is 6.26. The Morgan fingerprint density at radius 2 is 1.61 bits per heavy atom. The Bertz CT molecular complexity index is 374. The molecule has 0 unspecified atom stereocenters. The molecule has 0 bridgehead atoms. The maximum Gasteiger partial charge on any atom is 0.416 e. The summed E-state index contributed by atoms with van der Waals surface area (Å²) in [6.07, 6.45) is -0.338. The van der Waals surface area contributed by atoms with E-state index in [-0.39, 0.29) is 5.92 Å². The van der Waals surface area contributed by atoms with Crippen LogP contribution in [0.15, 0.2) is 18.2 Å². The molecule has 3 heteroatoms. The van der Waals surface area contributed by atoms with Gasteiger partial charge in [-0.15, -0.1) is 0 Å². The fourth-order valence-corrected chi connectivity index (χ4v) is 2.56. The van der Waals surface area contributed by atoms with Crippen molar-refractivity contribution in [2.45, 2.75) is 58.5 Å². The number of benzene rings is 1. The van der Waals surface area contributed by atoms with Crippen LogP contribution in [0.4, 0.5) is 13.2 Å². The molecule has 0 aliphatic heterocycles. The Labute approximate surface area is 107 Å². The van der Waals surface area contributed by atoms with E-state index in [1.807, 2.05) is 6.07 Å². The molecule has 0 aliphatic rings. The van der Waals surface area contributed by atoms with Gasteiger partial charge in [0.15, 0.2) is 0 Å². The highest BCUT2D eigenvalue weighted by Crippen LogP contribution is 2.37. The lowest BCUT2D eigenvalue weighted by Gasteiger charge is -2.21. The number of rotatable bonds is 5. The van der Waals surface area contributed by atoms with Gasteiger partial charge in [0.2, 0.25) is 0 Å². The summed E-state index contributed by atoms with van der Waals surface area (Å²) in [5, 5.41) is 0. The molecule has 0 spiro atoms. The Morgan fingerprint density at radius 1 is 1.06 bits per heavy atom. The summed E-state index contributed by atoms with van der Waals surface area (Å²) in [6, 6.07) is 4.55. The summed E-state index contributed by atoms with van der Waals surface area (Å²) in [5.41, 5.74) is 0.780. The van der Waals surface area contributed by atoms with E-state index in [9.17, 15) is 13.2 Å². The van der Waals surface area contributed by atoms with Gasteiger partial charge in [0.1, 0.15) is 0 Å². The summed E-state index contributed by atoms with van der Waals surface area (Å²) in [7, 11) is 0. The van der Waals surface area contributed by atoms with Crippen LogP contribution < -0.4 is 0 Å². The van der Waals surface area contributed by atoms with Crippen LogP contribution in [0, 0.1) is 6.92 Å². The largest absolute Gasteiger partial charge is 0.416 e. The van der Waals surface area contributed by atoms with Gasteiger partial charge in [0, 0.05) is 0 Å². The molecule has 0 aliphatic carbocycles. The van der Waals surface area contributed by atoms with Crippen LogP contribution in [-0.4, -0.2) is 0 Å². The highest BCUT2D eigenvalue weighted by atomic mass is 19.4. The van der Waals surface area contributed by atoms with Gasteiger partial charge in [-0.2, -0.15) is 13.2 Å². The molecule has 0 fully saturated rings. The first kappa shape index (κ1) is 15.1. The third kappa shape index (κ3) is 3.50. The fraction of sp³-hybridized carbons (Fsp3) is 0.600. The van der Waals surface area contributed by atoms with Crippen LogP contribution in [0.3, 0.4) is 0 Å². The summed E-state index contributed by atoms with van der Waals surface area (Å²) < 4.78 is 38.6. The number of hydrogen-bond acceptors (Lipinski definition) is 0. The van der Waals surface area contributed by atoms with Gasteiger partial charge < -0.3 is 0 Å². The first-order valence-corrected chi connectivity index (χ1v) is 6.58. The van der Waals surface area contributed by atoms with Crippen molar-refractivity contribution in [2.24, 2.45) is 0 Å². The molecule has 1 aromatic carbocycles. The molecule has 0 N–H and O–H groups in total. The molecule has 0 aromatic heterocycles. The Kier molecular flexibility index (Phi) is 5.24. The molecule has 102 valence electrons. The SMILES string of the molecule is CCCC(CCC)c1cccc(C(F)(F)F)c1C. The van der Waals surface area contributed by atoms with Gasteiger partial charge in [-0.05, 0) is 42.9 Å². The Hall–Kier alpha value is -0.990. The topological polar surface area (TPSA) is 0 Å². The third-order valence-corrected chi connectivity index (χ3v) is 3.40. The molecule has 0 radical (unpaired) electrons. The van der Waals surface area contributed by atoms with E-state index in [0.29, 0.717) is 5.56 Å². The number of alkyl halides is 3. The van der Waals surface area contributed by atoms with Crippen LogP contribution in [-0.2, 0) is 6.18 Å². The van der Waals surface area contributed by atoms with Crippen LogP contribution in [0.1, 0.15) is 62.1 Å². The van der Waals surface area contributed by atoms with Crippen LogP contribution in [0.2, 0.25) is 0 Å². The normalized spacial score (nSPS) is 12.2. The van der Waals surface area contributed by atoms with Crippen LogP contribution >= 0.6 is 0 Å². The lowest BCUT2D eigenvalue weighted by molar-refractivity contribution is -0.138. The first-order chi connectivity index (χ1) is 8.41. The van der Waals surface area contributed by atoms with Gasteiger partial charge >= 0.3 is 6.18 Å². The van der Waals surface area contributed by atoms with Gasteiger partial charge in [-0.25, -0.2) is 0 Å². The molecule has 0 atom stereocenters. The molecule has 0 heterocycles. The summed E-state index contributed by atoms with van der Waals surface area (Å²) in [4.78, 5) is 0. The molecular formula is C15H21F3. The van der Waals surface area contributed by atoms with Crippen LogP contribution in [0.25, 0.3) is 0 Å². The van der Waals surface area contributed by atoms with E-state index in [2.05, 4.69) is 13.8 Å².